The van der Waals surface area contributed by atoms with E-state index in [1.807, 2.05) is 43.8 Å². The van der Waals surface area contributed by atoms with Crippen LogP contribution in [0.1, 0.15) is 30.9 Å². The van der Waals surface area contributed by atoms with Gasteiger partial charge in [-0.05, 0) is 41.8 Å². The van der Waals surface area contributed by atoms with Gasteiger partial charge in [-0.25, -0.2) is 14.4 Å². The van der Waals surface area contributed by atoms with E-state index < -0.39 is 11.4 Å². The van der Waals surface area contributed by atoms with Crippen LogP contribution in [0.15, 0.2) is 60.0 Å². The van der Waals surface area contributed by atoms with E-state index in [-0.39, 0.29) is 39.3 Å². The molecule has 4 aromatic rings. The average Bonchev–Trinajstić information content (AvgIpc) is 3.00. The monoisotopic (exact) mass is 598 g/mol. The van der Waals surface area contributed by atoms with Gasteiger partial charge in [0.05, 0.1) is 22.1 Å². The highest BCUT2D eigenvalue weighted by molar-refractivity contribution is 6.34. The van der Waals surface area contributed by atoms with Gasteiger partial charge in [0, 0.05) is 57.4 Å². The van der Waals surface area contributed by atoms with Crippen LogP contribution in [0.5, 0.6) is 0 Å². The van der Waals surface area contributed by atoms with E-state index in [2.05, 4.69) is 17.5 Å². The van der Waals surface area contributed by atoms with Gasteiger partial charge in [-0.1, -0.05) is 50.1 Å². The maximum atomic E-state index is 15.1. The molecule has 0 bridgehead atoms. The van der Waals surface area contributed by atoms with Crippen molar-refractivity contribution >= 4 is 40.0 Å². The number of aromatic nitrogens is 3. The number of piperazine rings is 1. The summed E-state index contributed by atoms with van der Waals surface area (Å²) in [5.74, 6) is 2.55. The summed E-state index contributed by atoms with van der Waals surface area (Å²) in [5.41, 5.74) is 2.25. The lowest BCUT2D eigenvalue weighted by Crippen LogP contribution is -2.49. The largest absolute Gasteiger partial charge is 0.366 e. The molecule has 0 atom stereocenters. The molecular formula is C33H32ClFN6O2. The highest BCUT2D eigenvalue weighted by atomic mass is 35.5. The summed E-state index contributed by atoms with van der Waals surface area (Å²) in [6, 6.07) is 9.79. The van der Waals surface area contributed by atoms with Crippen LogP contribution < -0.4 is 15.4 Å². The number of hydrogen-bond donors (Lipinski definition) is 0. The fourth-order valence-corrected chi connectivity index (χ4v) is 5.79. The number of nitrogens with zero attached hydrogens (tertiary/aromatic N) is 6. The van der Waals surface area contributed by atoms with Gasteiger partial charge in [0.15, 0.2) is 11.5 Å². The minimum atomic E-state index is -0.494. The first kappa shape index (κ1) is 29.8. The molecule has 8 nitrogen and oxygen atoms in total. The van der Waals surface area contributed by atoms with Gasteiger partial charge in [-0.2, -0.15) is 0 Å². The summed E-state index contributed by atoms with van der Waals surface area (Å²) in [6.07, 6.45) is 9.06. The topological polar surface area (TPSA) is 74.6 Å². The molecule has 0 saturated carbocycles. The molecule has 1 amide bonds. The Morgan fingerprint density at radius 2 is 1.86 bits per heavy atom. The number of carbonyl (C=O) groups excluding carboxylic acids is 1. The van der Waals surface area contributed by atoms with Gasteiger partial charge in [-0.15, -0.1) is 6.42 Å². The molecule has 4 heterocycles. The van der Waals surface area contributed by atoms with Crippen LogP contribution in [-0.2, 0) is 4.79 Å². The zero-order valence-electron chi connectivity index (χ0n) is 24.6. The Labute approximate surface area is 255 Å². The average molecular weight is 599 g/mol. The molecule has 0 spiro atoms. The number of anilines is 2. The van der Waals surface area contributed by atoms with Crippen LogP contribution in [0.3, 0.4) is 0 Å². The summed E-state index contributed by atoms with van der Waals surface area (Å²) >= 11 is 6.83. The number of halogens is 2. The second-order valence-electron chi connectivity index (χ2n) is 10.8. The number of hydrogen-bond acceptors (Lipinski definition) is 6. The minimum absolute atomic E-state index is 0.0152. The summed E-state index contributed by atoms with van der Waals surface area (Å²) < 4.78 is 16.6. The van der Waals surface area contributed by atoms with Crippen LogP contribution in [0, 0.1) is 18.2 Å². The minimum Gasteiger partial charge on any atom is -0.366 e. The van der Waals surface area contributed by atoms with Gasteiger partial charge in [0.1, 0.15) is 11.4 Å². The van der Waals surface area contributed by atoms with Crippen molar-refractivity contribution in [2.45, 2.75) is 19.8 Å². The Morgan fingerprint density at radius 1 is 1.16 bits per heavy atom. The molecule has 1 aliphatic rings. The molecule has 220 valence electrons. The van der Waals surface area contributed by atoms with E-state index in [9.17, 15) is 9.59 Å². The predicted octanol–water partition coefficient (Wildman–Crippen LogP) is 5.25. The summed E-state index contributed by atoms with van der Waals surface area (Å²) in [4.78, 5) is 41.8. The first-order chi connectivity index (χ1) is 20.6. The van der Waals surface area contributed by atoms with Crippen LogP contribution >= 0.6 is 11.6 Å². The molecular weight excluding hydrogens is 567 g/mol. The predicted molar refractivity (Wildman–Crippen MR) is 171 cm³/mol. The number of pyridine rings is 3. The summed E-state index contributed by atoms with van der Waals surface area (Å²) in [6.45, 7) is 9.32. The number of rotatable bonds is 6. The molecule has 0 N–H and O–H groups in total. The lowest BCUT2D eigenvalue weighted by Gasteiger charge is -2.37. The van der Waals surface area contributed by atoms with Crippen molar-refractivity contribution in [3.63, 3.8) is 0 Å². The first-order valence-corrected chi connectivity index (χ1v) is 14.3. The zero-order valence-corrected chi connectivity index (χ0v) is 25.3. The van der Waals surface area contributed by atoms with E-state index in [1.54, 1.807) is 35.4 Å². The number of fused-ring (bicyclic) bond motifs is 1. The van der Waals surface area contributed by atoms with E-state index >= 15 is 4.39 Å². The Hall–Kier alpha value is -4.68. The molecule has 0 unspecified atom stereocenters. The maximum Gasteiger partial charge on any atom is 0.274 e. The Balaban J connectivity index is 1.91. The Bertz CT molecular complexity index is 1830. The van der Waals surface area contributed by atoms with Gasteiger partial charge in [0.2, 0.25) is 5.91 Å². The maximum absolute atomic E-state index is 15.1. The molecule has 0 aliphatic carbocycles. The lowest BCUT2D eigenvalue weighted by molar-refractivity contribution is -0.126. The molecule has 0 radical (unpaired) electrons. The second kappa shape index (κ2) is 11.9. The molecule has 10 heteroatoms. The van der Waals surface area contributed by atoms with Gasteiger partial charge in [0.25, 0.3) is 5.56 Å². The van der Waals surface area contributed by atoms with Crippen LogP contribution in [0.2, 0.25) is 5.02 Å². The first-order valence-electron chi connectivity index (χ1n) is 13.9. The van der Waals surface area contributed by atoms with Crippen molar-refractivity contribution in [1.29, 1.82) is 0 Å². The van der Waals surface area contributed by atoms with E-state index in [1.165, 1.54) is 16.7 Å². The van der Waals surface area contributed by atoms with Gasteiger partial charge >= 0.3 is 0 Å². The molecule has 3 aromatic heterocycles. The Morgan fingerprint density at radius 3 is 2.47 bits per heavy atom. The number of carbonyl (C=O) groups is 1. The second-order valence-corrected chi connectivity index (χ2v) is 11.2. The molecule has 1 fully saturated rings. The number of benzene rings is 1. The van der Waals surface area contributed by atoms with Crippen molar-refractivity contribution < 1.29 is 9.18 Å². The normalized spacial score (nSPS) is 13.3. The van der Waals surface area contributed by atoms with E-state index in [0.29, 0.717) is 48.8 Å². The van der Waals surface area contributed by atoms with Crippen molar-refractivity contribution in [2.75, 3.05) is 50.1 Å². The number of terminal acetylenes is 1. The van der Waals surface area contributed by atoms with Gasteiger partial charge in [-0.3, -0.25) is 14.2 Å². The standard InChI is InChI=1S/C33H32ClFN6O2/c1-7-21-29(40-17-15-39(16-18-40)27(42)8-2)24-19-25(34)28(23-11-9-10-12-26(23)35)37-31(24)41(33(21)43)30-22(20(3)4)13-14-36-32(30)38(5)6/h1,8-14,19-20H,2,15-18H2,3-6H3. The molecule has 1 aromatic carbocycles. The third-order valence-corrected chi connectivity index (χ3v) is 7.93. The van der Waals surface area contributed by atoms with Crippen molar-refractivity contribution in [2.24, 2.45) is 0 Å². The van der Waals surface area contributed by atoms with Crippen molar-refractivity contribution in [3.05, 3.63) is 87.6 Å². The molecule has 43 heavy (non-hydrogen) atoms. The third-order valence-electron chi connectivity index (χ3n) is 7.64. The number of amides is 1. The van der Waals surface area contributed by atoms with Crippen molar-refractivity contribution in [1.82, 2.24) is 19.4 Å². The summed E-state index contributed by atoms with van der Waals surface area (Å²) in [7, 11) is 3.69. The fraction of sp³-hybridized carbons (Fsp3) is 0.273. The molecule has 1 aliphatic heterocycles. The molecule has 1 saturated heterocycles. The lowest BCUT2D eigenvalue weighted by atomic mass is 10.0. The molecule has 5 rings (SSSR count). The van der Waals surface area contributed by atoms with Crippen molar-refractivity contribution in [3.8, 4) is 29.3 Å². The quantitative estimate of drug-likeness (QED) is 0.223. The van der Waals surface area contributed by atoms with E-state index in [0.717, 1.165) is 5.56 Å². The summed E-state index contributed by atoms with van der Waals surface area (Å²) in [5, 5.41) is 0.736. The highest BCUT2D eigenvalue weighted by Gasteiger charge is 2.29. The van der Waals surface area contributed by atoms with Gasteiger partial charge < -0.3 is 14.7 Å². The van der Waals surface area contributed by atoms with Crippen LogP contribution in [-0.4, -0.2) is 65.6 Å². The Kier molecular flexibility index (Phi) is 8.25. The zero-order chi connectivity index (χ0) is 31.0. The van der Waals surface area contributed by atoms with E-state index in [4.69, 9.17) is 23.0 Å². The third kappa shape index (κ3) is 5.23. The van der Waals surface area contributed by atoms with Crippen LogP contribution in [0.25, 0.3) is 28.0 Å². The fourth-order valence-electron chi connectivity index (χ4n) is 5.54. The SMILES string of the molecule is C#Cc1c(N2CCN(C(=O)C=C)CC2)c2cc(Cl)c(-c3ccccc3F)nc2n(-c2c(C(C)C)ccnc2N(C)C)c1=O. The van der Waals surface area contributed by atoms with Crippen LogP contribution in [0.4, 0.5) is 15.9 Å². The highest BCUT2D eigenvalue weighted by Crippen LogP contribution is 2.39. The smallest absolute Gasteiger partial charge is 0.274 e.